The lowest BCUT2D eigenvalue weighted by atomic mass is 10.2. The van der Waals surface area contributed by atoms with Crippen LogP contribution in [0.2, 0.25) is 0 Å². The normalized spacial score (nSPS) is 10.2. The minimum Gasteiger partial charge on any atom is -0.322 e. The van der Waals surface area contributed by atoms with Gasteiger partial charge in [0.1, 0.15) is 0 Å². The number of thiophene rings is 1. The first-order chi connectivity index (χ1) is 8.97. The van der Waals surface area contributed by atoms with Gasteiger partial charge in [-0.25, -0.2) is 0 Å². The average Bonchev–Trinajstić information content (AvgIpc) is 2.75. The largest absolute Gasteiger partial charge is 0.322 e. The van der Waals surface area contributed by atoms with Crippen molar-refractivity contribution >= 4 is 51.2 Å². The second kappa shape index (κ2) is 5.61. The number of nitrogens with one attached hydrogen (secondary N) is 1. The Labute approximate surface area is 124 Å². The van der Waals surface area contributed by atoms with Crippen LogP contribution in [0.4, 0.5) is 15.8 Å². The number of nitrogens with zero attached hydrogens (tertiary/aromatic N) is 1. The number of amides is 1. The predicted molar refractivity (Wildman–Crippen MR) is 78.0 cm³/mol. The van der Waals surface area contributed by atoms with E-state index in [1.165, 1.54) is 17.4 Å². The molecule has 1 heterocycles. The molecule has 98 valence electrons. The van der Waals surface area contributed by atoms with E-state index in [-0.39, 0.29) is 11.6 Å². The summed E-state index contributed by atoms with van der Waals surface area (Å²) in [5.41, 5.74) is 0.0190. The molecule has 1 aromatic heterocycles. The van der Waals surface area contributed by atoms with E-state index in [0.29, 0.717) is 5.56 Å². The summed E-state index contributed by atoms with van der Waals surface area (Å²) in [6, 6.07) is 4.93. The molecule has 0 aliphatic carbocycles. The number of rotatable bonds is 3. The molecule has 1 aromatic carbocycles. The van der Waals surface area contributed by atoms with E-state index in [1.54, 1.807) is 11.4 Å². The Balaban J connectivity index is 2.18. The first kappa shape index (κ1) is 13.9. The van der Waals surface area contributed by atoms with Gasteiger partial charge in [0.2, 0.25) is 5.82 Å². The molecule has 0 spiro atoms. The van der Waals surface area contributed by atoms with Crippen molar-refractivity contribution in [1.82, 2.24) is 0 Å². The number of nitro groups is 1. The van der Waals surface area contributed by atoms with Crippen LogP contribution in [-0.4, -0.2) is 10.8 Å². The third-order valence-corrected chi connectivity index (χ3v) is 4.02. The van der Waals surface area contributed by atoms with E-state index < -0.39 is 16.4 Å². The van der Waals surface area contributed by atoms with Gasteiger partial charge in [0.15, 0.2) is 0 Å². The molecule has 2 rings (SSSR count). The summed E-state index contributed by atoms with van der Waals surface area (Å²) in [7, 11) is 0. The SMILES string of the molecule is O=C(Nc1ccc([N+](=O)[O-])c(F)c1)c1csc(I)c1. The van der Waals surface area contributed by atoms with Crippen molar-refractivity contribution in [1.29, 1.82) is 0 Å². The average molecular weight is 392 g/mol. The molecular weight excluding hydrogens is 386 g/mol. The van der Waals surface area contributed by atoms with Crippen molar-refractivity contribution in [2.24, 2.45) is 0 Å². The molecular formula is C11H6FIN2O3S. The highest BCUT2D eigenvalue weighted by molar-refractivity contribution is 14.1. The Morgan fingerprint density at radius 1 is 1.42 bits per heavy atom. The van der Waals surface area contributed by atoms with Gasteiger partial charge in [-0.3, -0.25) is 14.9 Å². The number of hydrogen-bond acceptors (Lipinski definition) is 4. The number of hydrogen-bond donors (Lipinski definition) is 1. The lowest BCUT2D eigenvalue weighted by molar-refractivity contribution is -0.387. The maximum absolute atomic E-state index is 13.4. The van der Waals surface area contributed by atoms with Crippen LogP contribution in [0.1, 0.15) is 10.4 Å². The van der Waals surface area contributed by atoms with E-state index >= 15 is 0 Å². The van der Waals surface area contributed by atoms with Crippen LogP contribution in [0.3, 0.4) is 0 Å². The fraction of sp³-hybridized carbons (Fsp3) is 0. The number of carbonyl (C=O) groups is 1. The highest BCUT2D eigenvalue weighted by Crippen LogP contribution is 2.22. The molecule has 0 radical (unpaired) electrons. The van der Waals surface area contributed by atoms with E-state index in [1.807, 2.05) is 0 Å². The summed E-state index contributed by atoms with van der Waals surface area (Å²) in [5, 5.41) is 14.6. The van der Waals surface area contributed by atoms with Crippen molar-refractivity contribution in [3.05, 3.63) is 54.0 Å². The van der Waals surface area contributed by atoms with Gasteiger partial charge in [-0.2, -0.15) is 4.39 Å². The maximum atomic E-state index is 13.4. The number of anilines is 1. The second-order valence-corrected chi connectivity index (χ2v) is 6.32. The highest BCUT2D eigenvalue weighted by Gasteiger charge is 2.15. The smallest absolute Gasteiger partial charge is 0.304 e. The summed E-state index contributed by atoms with van der Waals surface area (Å²) in [6.07, 6.45) is 0. The van der Waals surface area contributed by atoms with Crippen molar-refractivity contribution in [3.63, 3.8) is 0 Å². The van der Waals surface area contributed by atoms with E-state index in [2.05, 4.69) is 27.9 Å². The lowest BCUT2D eigenvalue weighted by Crippen LogP contribution is -2.11. The Hall–Kier alpha value is -1.55. The zero-order valence-electron chi connectivity index (χ0n) is 9.22. The van der Waals surface area contributed by atoms with Crippen LogP contribution in [0.5, 0.6) is 0 Å². The van der Waals surface area contributed by atoms with Crippen LogP contribution >= 0.6 is 33.9 Å². The van der Waals surface area contributed by atoms with Crippen molar-refractivity contribution in [3.8, 4) is 0 Å². The summed E-state index contributed by atoms with van der Waals surface area (Å²) in [6.45, 7) is 0. The minimum absolute atomic E-state index is 0.175. The first-order valence-corrected chi connectivity index (χ1v) is 6.92. The minimum atomic E-state index is -0.984. The number of nitro benzene ring substituents is 1. The quantitative estimate of drug-likeness (QED) is 0.493. The van der Waals surface area contributed by atoms with Crippen LogP contribution in [-0.2, 0) is 0 Å². The molecule has 5 nitrogen and oxygen atoms in total. The van der Waals surface area contributed by atoms with Crippen LogP contribution in [0.25, 0.3) is 0 Å². The van der Waals surface area contributed by atoms with Crippen molar-refractivity contribution in [2.75, 3.05) is 5.32 Å². The van der Waals surface area contributed by atoms with Gasteiger partial charge in [-0.05, 0) is 34.7 Å². The molecule has 0 saturated carbocycles. The number of benzene rings is 1. The standard InChI is InChI=1S/C11H6FIN2O3S/c12-8-4-7(1-2-9(8)15(17)18)14-11(16)6-3-10(13)19-5-6/h1-5H,(H,14,16). The molecule has 0 saturated heterocycles. The molecule has 19 heavy (non-hydrogen) atoms. The van der Waals surface area contributed by atoms with Crippen molar-refractivity contribution in [2.45, 2.75) is 0 Å². The van der Waals surface area contributed by atoms with E-state index in [9.17, 15) is 19.3 Å². The third kappa shape index (κ3) is 3.26. The topological polar surface area (TPSA) is 72.2 Å². The van der Waals surface area contributed by atoms with Gasteiger partial charge in [0.05, 0.1) is 13.4 Å². The van der Waals surface area contributed by atoms with E-state index in [0.717, 1.165) is 15.0 Å². The molecule has 0 atom stereocenters. The van der Waals surface area contributed by atoms with Gasteiger partial charge in [0, 0.05) is 23.2 Å². The van der Waals surface area contributed by atoms with Crippen LogP contribution < -0.4 is 5.32 Å². The van der Waals surface area contributed by atoms with Gasteiger partial charge in [-0.15, -0.1) is 11.3 Å². The molecule has 0 aliphatic rings. The maximum Gasteiger partial charge on any atom is 0.304 e. The van der Waals surface area contributed by atoms with Gasteiger partial charge in [-0.1, -0.05) is 0 Å². The summed E-state index contributed by atoms with van der Waals surface area (Å²) < 4.78 is 14.3. The summed E-state index contributed by atoms with van der Waals surface area (Å²) in [4.78, 5) is 21.4. The summed E-state index contributed by atoms with van der Waals surface area (Å²) in [5.74, 6) is -1.37. The van der Waals surface area contributed by atoms with Gasteiger partial charge >= 0.3 is 5.69 Å². The second-order valence-electron chi connectivity index (χ2n) is 3.52. The molecule has 0 unspecified atom stereocenters. The predicted octanol–water partition coefficient (Wildman–Crippen LogP) is 3.65. The monoisotopic (exact) mass is 392 g/mol. The molecule has 0 aliphatic heterocycles. The van der Waals surface area contributed by atoms with Crippen LogP contribution in [0, 0.1) is 18.8 Å². The Bertz CT molecular complexity index is 659. The summed E-state index contributed by atoms with van der Waals surface area (Å²) >= 11 is 3.50. The Morgan fingerprint density at radius 3 is 2.68 bits per heavy atom. The number of halogens is 2. The van der Waals surface area contributed by atoms with Gasteiger partial charge in [0.25, 0.3) is 5.91 Å². The third-order valence-electron chi connectivity index (χ3n) is 2.23. The zero-order valence-corrected chi connectivity index (χ0v) is 12.2. The molecule has 0 fully saturated rings. The molecule has 1 N–H and O–H groups in total. The van der Waals surface area contributed by atoms with E-state index in [4.69, 9.17) is 0 Å². The fourth-order valence-electron chi connectivity index (χ4n) is 1.37. The fourth-order valence-corrected chi connectivity index (χ4v) is 2.69. The highest BCUT2D eigenvalue weighted by atomic mass is 127. The number of carbonyl (C=O) groups excluding carboxylic acids is 1. The van der Waals surface area contributed by atoms with Crippen LogP contribution in [0.15, 0.2) is 29.6 Å². The molecule has 1 amide bonds. The van der Waals surface area contributed by atoms with Gasteiger partial charge < -0.3 is 5.32 Å². The Morgan fingerprint density at radius 2 is 2.16 bits per heavy atom. The lowest BCUT2D eigenvalue weighted by Gasteiger charge is -2.03. The molecule has 0 bridgehead atoms. The molecule has 8 heteroatoms. The zero-order chi connectivity index (χ0) is 14.0. The first-order valence-electron chi connectivity index (χ1n) is 4.96. The van der Waals surface area contributed by atoms with Crippen molar-refractivity contribution < 1.29 is 14.1 Å². The Kier molecular flexibility index (Phi) is 4.10. The molecule has 2 aromatic rings.